The van der Waals surface area contributed by atoms with Crippen LogP contribution in [0.2, 0.25) is 0 Å². The number of hydroxylamine groups is 2. The van der Waals surface area contributed by atoms with Crippen LogP contribution in [0.5, 0.6) is 5.75 Å². The molecule has 8 nitrogen and oxygen atoms in total. The minimum absolute atomic E-state index is 0. The van der Waals surface area contributed by atoms with Gasteiger partial charge in [-0.1, -0.05) is 6.07 Å². The largest absolute Gasteiger partial charge is 0.493 e. The summed E-state index contributed by atoms with van der Waals surface area (Å²) >= 11 is 0. The molecule has 2 aliphatic rings. The first kappa shape index (κ1) is 21.5. The van der Waals surface area contributed by atoms with E-state index in [2.05, 4.69) is 29.9 Å². The lowest BCUT2D eigenvalue weighted by Gasteiger charge is -2.43. The molecule has 0 unspecified atom stereocenters. The van der Waals surface area contributed by atoms with Crippen molar-refractivity contribution in [1.82, 2.24) is 5.06 Å². The Morgan fingerprint density at radius 1 is 1.11 bits per heavy atom. The van der Waals surface area contributed by atoms with E-state index < -0.39 is 5.66 Å². The molecule has 150 valence electrons. The number of benzene rings is 1. The summed E-state index contributed by atoms with van der Waals surface area (Å²) in [6.07, 6.45) is 2.02. The Kier molecular flexibility index (Phi) is 7.46. The molecule has 27 heavy (non-hydrogen) atoms. The van der Waals surface area contributed by atoms with Crippen LogP contribution in [0.1, 0.15) is 30.4 Å². The van der Waals surface area contributed by atoms with E-state index in [-0.39, 0.29) is 28.9 Å². The van der Waals surface area contributed by atoms with Crippen molar-refractivity contribution in [3.8, 4) is 5.75 Å². The molecule has 1 fully saturated rings. The van der Waals surface area contributed by atoms with Crippen LogP contribution >= 0.6 is 17.0 Å². The quantitative estimate of drug-likeness (QED) is 0.653. The Bertz CT molecular complexity index is 684. The molecule has 0 saturated carbocycles. The second-order valence-corrected chi connectivity index (χ2v) is 6.69. The van der Waals surface area contributed by atoms with E-state index in [9.17, 15) is 0 Å². The number of hydrogen-bond acceptors (Lipinski definition) is 8. The normalized spacial score (nSPS) is 18.5. The second-order valence-electron chi connectivity index (χ2n) is 6.69. The van der Waals surface area contributed by atoms with Crippen molar-refractivity contribution in [2.24, 2.45) is 21.5 Å². The first-order valence-corrected chi connectivity index (χ1v) is 8.90. The third kappa shape index (κ3) is 5.33. The molecule has 0 amide bonds. The monoisotopic (exact) mass is 441 g/mol. The molecule has 1 spiro atoms. The highest BCUT2D eigenvalue weighted by atomic mass is 79.9. The molecule has 3 rings (SSSR count). The van der Waals surface area contributed by atoms with Gasteiger partial charge in [-0.3, -0.25) is 4.84 Å². The third-order valence-electron chi connectivity index (χ3n) is 4.40. The molecule has 9 heteroatoms. The number of rotatable bonds is 6. The van der Waals surface area contributed by atoms with Gasteiger partial charge in [0.2, 0.25) is 11.9 Å². The molecular weight excluding hydrogens is 414 g/mol. The highest BCUT2D eigenvalue weighted by molar-refractivity contribution is 8.93. The number of nitrogens with two attached hydrogens (primary N) is 2. The highest BCUT2D eigenvalue weighted by Crippen LogP contribution is 2.31. The van der Waals surface area contributed by atoms with Crippen LogP contribution < -0.4 is 16.2 Å². The van der Waals surface area contributed by atoms with Gasteiger partial charge in [-0.05, 0) is 37.1 Å². The van der Waals surface area contributed by atoms with Crippen LogP contribution in [0.3, 0.4) is 0 Å². The number of nitrogens with zero attached hydrogens (tertiary/aromatic N) is 3. The minimum atomic E-state index is -0.622. The molecule has 1 saturated heterocycles. The molecule has 0 radical (unpaired) electrons. The van der Waals surface area contributed by atoms with Gasteiger partial charge in [0.1, 0.15) is 5.75 Å². The molecule has 2 aliphatic heterocycles. The van der Waals surface area contributed by atoms with Gasteiger partial charge < -0.3 is 20.9 Å². The fourth-order valence-corrected chi connectivity index (χ4v) is 3.28. The minimum Gasteiger partial charge on any atom is -0.493 e. The number of halogens is 1. The van der Waals surface area contributed by atoms with Gasteiger partial charge in [-0.25, -0.2) is 4.99 Å². The molecule has 1 aromatic carbocycles. The summed E-state index contributed by atoms with van der Waals surface area (Å²) < 4.78 is 11.2. The first-order valence-electron chi connectivity index (χ1n) is 8.90. The van der Waals surface area contributed by atoms with Crippen LogP contribution in [0.15, 0.2) is 28.2 Å². The van der Waals surface area contributed by atoms with Crippen LogP contribution in [0.4, 0.5) is 0 Å². The molecule has 0 atom stereocenters. The lowest BCUT2D eigenvalue weighted by Crippen LogP contribution is -2.59. The van der Waals surface area contributed by atoms with Crippen LogP contribution in [0, 0.1) is 13.8 Å². The van der Waals surface area contributed by atoms with Crippen LogP contribution in [0.25, 0.3) is 0 Å². The van der Waals surface area contributed by atoms with E-state index in [1.54, 1.807) is 5.06 Å². The SMILES string of the molecule is Br.Cc1cc(C)cc(OCCCON2C(N)=NC(N)=NC23CCOCC3)c1. The zero-order valence-corrected chi connectivity index (χ0v) is 17.5. The van der Waals surface area contributed by atoms with E-state index in [1.165, 1.54) is 11.1 Å². The van der Waals surface area contributed by atoms with Gasteiger partial charge in [0.05, 0.1) is 26.4 Å². The highest BCUT2D eigenvalue weighted by Gasteiger charge is 2.43. The average molecular weight is 442 g/mol. The predicted octanol–water partition coefficient (Wildman–Crippen LogP) is 2.03. The lowest BCUT2D eigenvalue weighted by molar-refractivity contribution is -0.190. The van der Waals surface area contributed by atoms with E-state index in [1.807, 2.05) is 12.1 Å². The van der Waals surface area contributed by atoms with Crippen molar-refractivity contribution in [3.05, 3.63) is 29.3 Å². The van der Waals surface area contributed by atoms with Gasteiger partial charge >= 0.3 is 0 Å². The number of ether oxygens (including phenoxy) is 2. The van der Waals surface area contributed by atoms with E-state index in [0.29, 0.717) is 45.7 Å². The van der Waals surface area contributed by atoms with Crippen molar-refractivity contribution in [1.29, 1.82) is 0 Å². The Morgan fingerprint density at radius 2 is 1.78 bits per heavy atom. The molecule has 0 aliphatic carbocycles. The second kappa shape index (κ2) is 9.38. The summed E-state index contributed by atoms with van der Waals surface area (Å²) in [7, 11) is 0. The van der Waals surface area contributed by atoms with Crippen LogP contribution in [-0.4, -0.2) is 49.1 Å². The molecule has 4 N–H and O–H groups in total. The summed E-state index contributed by atoms with van der Waals surface area (Å²) in [5.41, 5.74) is 13.6. The maximum absolute atomic E-state index is 6.03. The number of guanidine groups is 2. The van der Waals surface area contributed by atoms with Gasteiger partial charge in [0, 0.05) is 19.3 Å². The number of aliphatic imine (C=N–C) groups is 2. The van der Waals surface area contributed by atoms with E-state index in [4.69, 9.17) is 25.8 Å². The zero-order chi connectivity index (χ0) is 18.6. The first-order chi connectivity index (χ1) is 12.5. The predicted molar refractivity (Wildman–Crippen MR) is 110 cm³/mol. The standard InChI is InChI=1S/C18H27N5O3.BrH/c1-13-10-14(2)12-15(11-13)25-6-3-7-26-23-17(20)21-16(19)22-18(23)4-8-24-9-5-18;/h10-12H,3-9H2,1-2H3,(H4,19,20,21,22);1H. The maximum atomic E-state index is 6.03. The van der Waals surface area contributed by atoms with Gasteiger partial charge in [0.15, 0.2) is 5.66 Å². The van der Waals surface area contributed by atoms with Crippen molar-refractivity contribution >= 4 is 28.9 Å². The Hall–Kier alpha value is -1.84. The van der Waals surface area contributed by atoms with E-state index in [0.717, 1.165) is 5.75 Å². The zero-order valence-electron chi connectivity index (χ0n) is 15.8. The van der Waals surface area contributed by atoms with Gasteiger partial charge in [-0.15, -0.1) is 17.0 Å². The molecule has 0 bridgehead atoms. The fraction of sp³-hybridized carbons (Fsp3) is 0.556. The topological polar surface area (TPSA) is 108 Å². The Morgan fingerprint density at radius 3 is 2.44 bits per heavy atom. The van der Waals surface area contributed by atoms with Crippen molar-refractivity contribution < 1.29 is 14.3 Å². The van der Waals surface area contributed by atoms with Gasteiger partial charge in [0.25, 0.3) is 0 Å². The third-order valence-corrected chi connectivity index (χ3v) is 4.40. The van der Waals surface area contributed by atoms with Gasteiger partial charge in [-0.2, -0.15) is 10.1 Å². The van der Waals surface area contributed by atoms with E-state index >= 15 is 0 Å². The average Bonchev–Trinajstić information content (AvgIpc) is 2.56. The number of hydrogen-bond donors (Lipinski definition) is 2. The van der Waals surface area contributed by atoms with Crippen molar-refractivity contribution in [2.75, 3.05) is 26.4 Å². The summed E-state index contributed by atoms with van der Waals surface area (Å²) in [5.74, 6) is 1.29. The Balaban J connectivity index is 0.00000261. The fourth-order valence-electron chi connectivity index (χ4n) is 3.28. The molecule has 1 aromatic rings. The summed E-state index contributed by atoms with van der Waals surface area (Å²) in [4.78, 5) is 14.4. The summed E-state index contributed by atoms with van der Waals surface area (Å²) in [6, 6.07) is 6.17. The summed E-state index contributed by atoms with van der Waals surface area (Å²) in [6.45, 7) is 6.27. The smallest absolute Gasteiger partial charge is 0.226 e. The molecular formula is C18H28BrN5O3. The molecule has 0 aromatic heterocycles. The lowest BCUT2D eigenvalue weighted by atomic mass is 10.0. The Labute approximate surface area is 170 Å². The molecule has 2 heterocycles. The van der Waals surface area contributed by atoms with Crippen molar-refractivity contribution in [2.45, 2.75) is 38.8 Å². The van der Waals surface area contributed by atoms with Crippen molar-refractivity contribution in [3.63, 3.8) is 0 Å². The number of aryl methyl sites for hydroxylation is 2. The summed E-state index contributed by atoms with van der Waals surface area (Å²) in [5, 5.41) is 1.59. The maximum Gasteiger partial charge on any atom is 0.226 e. The van der Waals surface area contributed by atoms with Crippen LogP contribution in [-0.2, 0) is 9.57 Å².